The van der Waals surface area contributed by atoms with Crippen molar-refractivity contribution in [1.82, 2.24) is 9.72 Å². The zero-order valence-electron chi connectivity index (χ0n) is 15.5. The van der Waals surface area contributed by atoms with Crippen molar-refractivity contribution in [2.24, 2.45) is 5.73 Å². The van der Waals surface area contributed by atoms with E-state index in [1.54, 1.807) is 24.3 Å². The van der Waals surface area contributed by atoms with E-state index in [4.69, 9.17) is 15.0 Å². The molecule has 3 aromatic rings. The Kier molecular flexibility index (Phi) is 6.65. The molecule has 0 aliphatic carbocycles. The third kappa shape index (κ3) is 4.50. The molecule has 7 nitrogen and oxygen atoms in total. The van der Waals surface area contributed by atoms with Crippen LogP contribution in [-0.4, -0.2) is 28.8 Å². The molecule has 0 spiro atoms. The number of nitrogens with one attached hydrogen (secondary N) is 1. The predicted molar refractivity (Wildman–Crippen MR) is 106 cm³/mol. The molecule has 1 aromatic carbocycles. The second-order valence-corrected chi connectivity index (χ2v) is 6.03. The van der Waals surface area contributed by atoms with Crippen molar-refractivity contribution in [3.63, 3.8) is 0 Å². The van der Waals surface area contributed by atoms with Crippen LogP contribution in [0.3, 0.4) is 0 Å². The van der Waals surface area contributed by atoms with Crippen molar-refractivity contribution >= 4 is 24.0 Å². The summed E-state index contributed by atoms with van der Waals surface area (Å²) in [5.41, 5.74) is 8.41. The Bertz CT molecular complexity index is 916. The highest BCUT2D eigenvalue weighted by Gasteiger charge is 2.18. The summed E-state index contributed by atoms with van der Waals surface area (Å²) in [6, 6.07) is 10.9. The number of hydrogen-bond acceptors (Lipinski definition) is 5. The summed E-state index contributed by atoms with van der Waals surface area (Å²) in [7, 11) is 0. The van der Waals surface area contributed by atoms with Crippen LogP contribution < -0.4 is 15.8 Å². The van der Waals surface area contributed by atoms with Crippen LogP contribution in [0.25, 0.3) is 5.82 Å². The maximum absolute atomic E-state index is 12.7. The molecule has 0 saturated carbocycles. The van der Waals surface area contributed by atoms with Gasteiger partial charge in [-0.15, -0.1) is 12.4 Å². The summed E-state index contributed by atoms with van der Waals surface area (Å²) in [4.78, 5) is 12.7. The third-order valence-electron chi connectivity index (χ3n) is 4.02. The molecule has 0 radical (unpaired) electrons. The molecule has 0 aliphatic rings. The monoisotopic (exact) mass is 390 g/mol. The molecular weight excluding hydrogens is 368 g/mol. The van der Waals surface area contributed by atoms with E-state index in [1.165, 1.54) is 0 Å². The van der Waals surface area contributed by atoms with Gasteiger partial charge in [0.15, 0.2) is 5.82 Å². The summed E-state index contributed by atoms with van der Waals surface area (Å²) in [5.74, 6) is 1.92. The molecular formula is C19H23ClN4O3. The molecule has 144 valence electrons. The second kappa shape index (κ2) is 8.75. The van der Waals surface area contributed by atoms with Crippen molar-refractivity contribution in [1.29, 1.82) is 0 Å². The third-order valence-corrected chi connectivity index (χ3v) is 4.02. The first-order chi connectivity index (χ1) is 12.5. The van der Waals surface area contributed by atoms with Gasteiger partial charge in [0.05, 0.1) is 5.56 Å². The largest absolute Gasteiger partial charge is 0.492 e. The average molecular weight is 391 g/mol. The number of aryl methyl sites for hydroxylation is 2. The number of anilines is 1. The molecule has 0 atom stereocenters. The van der Waals surface area contributed by atoms with E-state index in [9.17, 15) is 4.79 Å². The molecule has 0 bridgehead atoms. The van der Waals surface area contributed by atoms with Crippen LogP contribution in [0, 0.1) is 20.8 Å². The van der Waals surface area contributed by atoms with Gasteiger partial charge in [-0.1, -0.05) is 5.16 Å². The number of nitrogens with zero attached hydrogens (tertiary/aromatic N) is 2. The topological polar surface area (TPSA) is 95.3 Å². The molecule has 2 aromatic heterocycles. The summed E-state index contributed by atoms with van der Waals surface area (Å²) in [6.45, 7) is 6.56. The number of rotatable bonds is 6. The van der Waals surface area contributed by atoms with Gasteiger partial charge in [-0.2, -0.15) is 0 Å². The fourth-order valence-corrected chi connectivity index (χ4v) is 2.81. The number of nitrogens with two attached hydrogens (primary N) is 1. The van der Waals surface area contributed by atoms with Gasteiger partial charge >= 0.3 is 0 Å². The normalized spacial score (nSPS) is 10.4. The number of carbonyl (C=O) groups excluding carboxylic acids is 1. The molecule has 0 fully saturated rings. The first-order valence-electron chi connectivity index (χ1n) is 8.36. The SMILES string of the molecule is Cc1cc(-n2c(C)cc(C(=O)Nc3ccc(OCCN)cc3)c2C)no1.Cl. The first-order valence-corrected chi connectivity index (χ1v) is 8.36. The molecule has 2 heterocycles. The van der Waals surface area contributed by atoms with Gasteiger partial charge in [-0.05, 0) is 51.1 Å². The number of hydrogen-bond donors (Lipinski definition) is 2. The zero-order valence-corrected chi connectivity index (χ0v) is 16.3. The lowest BCUT2D eigenvalue weighted by Crippen LogP contribution is -2.13. The molecule has 0 unspecified atom stereocenters. The van der Waals surface area contributed by atoms with Crippen LogP contribution >= 0.6 is 12.4 Å². The minimum absolute atomic E-state index is 0. The van der Waals surface area contributed by atoms with E-state index >= 15 is 0 Å². The predicted octanol–water partition coefficient (Wildman–Crippen LogP) is 3.40. The van der Waals surface area contributed by atoms with Crippen molar-refractivity contribution < 1.29 is 14.1 Å². The van der Waals surface area contributed by atoms with E-state index < -0.39 is 0 Å². The standard InChI is InChI=1S/C19H22N4O3.ClH/c1-12-10-17(14(3)23(12)18-11-13(2)26-22-18)19(24)21-15-4-6-16(7-5-15)25-9-8-20;/h4-7,10-11H,8-9,20H2,1-3H3,(H,21,24);1H. The number of halogens is 1. The van der Waals surface area contributed by atoms with Crippen LogP contribution in [0.2, 0.25) is 0 Å². The molecule has 0 saturated heterocycles. The van der Waals surface area contributed by atoms with E-state index in [2.05, 4.69) is 10.5 Å². The Morgan fingerprint density at radius 2 is 1.93 bits per heavy atom. The lowest BCUT2D eigenvalue weighted by molar-refractivity contribution is 0.102. The maximum Gasteiger partial charge on any atom is 0.257 e. The molecule has 3 rings (SSSR count). The van der Waals surface area contributed by atoms with E-state index in [0.29, 0.717) is 36.0 Å². The molecule has 8 heteroatoms. The van der Waals surface area contributed by atoms with Gasteiger partial charge in [0.25, 0.3) is 5.91 Å². The Balaban J connectivity index is 0.00000261. The maximum atomic E-state index is 12.7. The van der Waals surface area contributed by atoms with Crippen LogP contribution in [0.1, 0.15) is 27.5 Å². The average Bonchev–Trinajstić information content (AvgIpc) is 3.17. The molecule has 0 aliphatic heterocycles. The van der Waals surface area contributed by atoms with Crippen LogP contribution in [-0.2, 0) is 0 Å². The van der Waals surface area contributed by atoms with Crippen LogP contribution in [0.15, 0.2) is 40.9 Å². The van der Waals surface area contributed by atoms with Gasteiger partial charge in [-0.25, -0.2) is 0 Å². The Hall–Kier alpha value is -2.77. The smallest absolute Gasteiger partial charge is 0.257 e. The summed E-state index contributed by atoms with van der Waals surface area (Å²) >= 11 is 0. The Labute approximate surface area is 163 Å². The number of carbonyl (C=O) groups is 1. The van der Waals surface area contributed by atoms with Crippen LogP contribution in [0.4, 0.5) is 5.69 Å². The van der Waals surface area contributed by atoms with Crippen LogP contribution in [0.5, 0.6) is 5.75 Å². The highest BCUT2D eigenvalue weighted by Crippen LogP contribution is 2.22. The summed E-state index contributed by atoms with van der Waals surface area (Å²) in [6.07, 6.45) is 0. The minimum Gasteiger partial charge on any atom is -0.492 e. The number of benzene rings is 1. The van der Waals surface area contributed by atoms with Crippen molar-refractivity contribution in [2.45, 2.75) is 20.8 Å². The highest BCUT2D eigenvalue weighted by molar-refractivity contribution is 6.05. The molecule has 1 amide bonds. The van der Waals surface area contributed by atoms with E-state index in [1.807, 2.05) is 37.5 Å². The Morgan fingerprint density at radius 3 is 2.52 bits per heavy atom. The number of amides is 1. The summed E-state index contributed by atoms with van der Waals surface area (Å²) < 4.78 is 12.5. The Morgan fingerprint density at radius 1 is 1.22 bits per heavy atom. The lowest BCUT2D eigenvalue weighted by Gasteiger charge is -2.08. The van der Waals surface area contributed by atoms with Crippen molar-refractivity contribution in [3.05, 3.63) is 59.1 Å². The number of ether oxygens (including phenoxy) is 1. The highest BCUT2D eigenvalue weighted by atomic mass is 35.5. The first kappa shape index (κ1) is 20.5. The van der Waals surface area contributed by atoms with Gasteiger partial charge in [0.1, 0.15) is 18.1 Å². The minimum atomic E-state index is -0.180. The van der Waals surface area contributed by atoms with Gasteiger partial charge < -0.3 is 20.3 Å². The van der Waals surface area contributed by atoms with Crippen molar-refractivity contribution in [2.75, 3.05) is 18.5 Å². The lowest BCUT2D eigenvalue weighted by atomic mass is 10.2. The molecule has 3 N–H and O–H groups in total. The quantitative estimate of drug-likeness (QED) is 0.672. The fourth-order valence-electron chi connectivity index (χ4n) is 2.81. The fraction of sp³-hybridized carbons (Fsp3) is 0.263. The second-order valence-electron chi connectivity index (χ2n) is 6.03. The van der Waals surface area contributed by atoms with Gasteiger partial charge in [0, 0.05) is 29.7 Å². The van der Waals surface area contributed by atoms with Gasteiger partial charge in [0.2, 0.25) is 0 Å². The molecule has 27 heavy (non-hydrogen) atoms. The summed E-state index contributed by atoms with van der Waals surface area (Å²) in [5, 5.41) is 6.94. The van der Waals surface area contributed by atoms with Crippen molar-refractivity contribution in [3.8, 4) is 11.6 Å². The zero-order chi connectivity index (χ0) is 18.7. The van der Waals surface area contributed by atoms with E-state index in [0.717, 1.165) is 17.1 Å². The number of aromatic nitrogens is 2. The van der Waals surface area contributed by atoms with Gasteiger partial charge in [-0.3, -0.25) is 9.36 Å². The van der Waals surface area contributed by atoms with E-state index in [-0.39, 0.29) is 18.3 Å².